The summed E-state index contributed by atoms with van der Waals surface area (Å²) < 4.78 is 9.29. The number of anilines is 1. The SMILES string of the molecule is CCn1cnnc1-c1cccc(NC(=O)CSc2nnc(-c3ccco3)n2CC)c1. The number of carbonyl (C=O) groups is 1. The normalized spacial score (nSPS) is 11.0. The third-order valence-corrected chi connectivity index (χ3v) is 5.43. The Morgan fingerprint density at radius 1 is 1.10 bits per heavy atom. The topological polar surface area (TPSA) is 104 Å². The largest absolute Gasteiger partial charge is 0.461 e. The van der Waals surface area contributed by atoms with Crippen molar-refractivity contribution < 1.29 is 9.21 Å². The maximum Gasteiger partial charge on any atom is 0.234 e. The molecule has 0 radical (unpaired) electrons. The molecule has 3 heterocycles. The van der Waals surface area contributed by atoms with Crippen LogP contribution < -0.4 is 5.32 Å². The molecule has 30 heavy (non-hydrogen) atoms. The van der Waals surface area contributed by atoms with E-state index in [-0.39, 0.29) is 11.7 Å². The van der Waals surface area contributed by atoms with Gasteiger partial charge in [-0.2, -0.15) is 0 Å². The highest BCUT2D eigenvalue weighted by Crippen LogP contribution is 2.25. The van der Waals surface area contributed by atoms with Crippen molar-refractivity contribution in [3.8, 4) is 23.0 Å². The third-order valence-electron chi connectivity index (χ3n) is 4.47. The molecule has 0 fully saturated rings. The molecule has 9 nitrogen and oxygen atoms in total. The zero-order valence-corrected chi connectivity index (χ0v) is 17.5. The molecular formula is C20H21N7O2S. The summed E-state index contributed by atoms with van der Waals surface area (Å²) >= 11 is 1.33. The predicted molar refractivity (Wildman–Crippen MR) is 114 cm³/mol. The molecule has 3 aromatic heterocycles. The molecular weight excluding hydrogens is 402 g/mol. The standard InChI is InChI=1S/C20H21N7O2S/c1-3-26-13-21-23-18(26)14-7-5-8-15(11-14)22-17(28)12-30-20-25-24-19(27(20)4-2)16-9-6-10-29-16/h5-11,13H,3-4,12H2,1-2H3,(H,22,28). The average molecular weight is 424 g/mol. The van der Waals surface area contributed by atoms with Crippen molar-refractivity contribution in [2.45, 2.75) is 32.1 Å². The van der Waals surface area contributed by atoms with Crippen LogP contribution in [-0.4, -0.2) is 41.2 Å². The first-order chi connectivity index (χ1) is 14.7. The second-order valence-corrected chi connectivity index (χ2v) is 7.33. The van der Waals surface area contributed by atoms with Crippen molar-refractivity contribution >= 4 is 23.4 Å². The van der Waals surface area contributed by atoms with Crippen LogP contribution in [0.3, 0.4) is 0 Å². The van der Waals surface area contributed by atoms with Crippen LogP contribution >= 0.6 is 11.8 Å². The molecule has 0 saturated carbocycles. The van der Waals surface area contributed by atoms with Gasteiger partial charge in [0.1, 0.15) is 6.33 Å². The van der Waals surface area contributed by atoms with E-state index in [1.807, 2.05) is 53.3 Å². The van der Waals surface area contributed by atoms with Crippen molar-refractivity contribution in [2.75, 3.05) is 11.1 Å². The van der Waals surface area contributed by atoms with Gasteiger partial charge in [0.05, 0.1) is 12.0 Å². The highest BCUT2D eigenvalue weighted by atomic mass is 32.2. The Morgan fingerprint density at radius 3 is 2.77 bits per heavy atom. The fourth-order valence-corrected chi connectivity index (χ4v) is 3.84. The third kappa shape index (κ3) is 4.13. The van der Waals surface area contributed by atoms with Crippen LogP contribution in [0, 0.1) is 0 Å². The summed E-state index contributed by atoms with van der Waals surface area (Å²) in [5, 5.41) is 20.1. The van der Waals surface area contributed by atoms with E-state index in [0.717, 1.165) is 17.9 Å². The number of furan rings is 1. The highest BCUT2D eigenvalue weighted by molar-refractivity contribution is 7.99. The van der Waals surface area contributed by atoms with Gasteiger partial charge in [0.2, 0.25) is 5.91 Å². The van der Waals surface area contributed by atoms with Gasteiger partial charge in [0.25, 0.3) is 0 Å². The summed E-state index contributed by atoms with van der Waals surface area (Å²) in [6.07, 6.45) is 3.29. The van der Waals surface area contributed by atoms with Gasteiger partial charge in [-0.05, 0) is 38.1 Å². The lowest BCUT2D eigenvalue weighted by atomic mass is 10.2. The van der Waals surface area contributed by atoms with Crippen LogP contribution in [-0.2, 0) is 17.9 Å². The Balaban J connectivity index is 1.42. The van der Waals surface area contributed by atoms with Gasteiger partial charge < -0.3 is 14.3 Å². The molecule has 4 rings (SSSR count). The Labute approximate surface area is 177 Å². The van der Waals surface area contributed by atoms with Crippen LogP contribution in [0.25, 0.3) is 23.0 Å². The van der Waals surface area contributed by atoms with E-state index in [9.17, 15) is 4.79 Å². The number of nitrogens with one attached hydrogen (secondary N) is 1. The molecule has 0 aliphatic rings. The van der Waals surface area contributed by atoms with Gasteiger partial charge in [-0.15, -0.1) is 20.4 Å². The van der Waals surface area contributed by atoms with Crippen molar-refractivity contribution in [3.63, 3.8) is 0 Å². The summed E-state index contributed by atoms with van der Waals surface area (Å²) in [6, 6.07) is 11.2. The number of aryl methyl sites for hydroxylation is 1. The number of nitrogens with zero attached hydrogens (tertiary/aromatic N) is 6. The van der Waals surface area contributed by atoms with Crippen molar-refractivity contribution in [1.29, 1.82) is 0 Å². The second kappa shape index (κ2) is 8.95. The Bertz CT molecular complexity index is 1130. The molecule has 0 bridgehead atoms. The molecule has 0 aliphatic carbocycles. The molecule has 4 aromatic rings. The van der Waals surface area contributed by atoms with Crippen molar-refractivity contribution in [2.24, 2.45) is 0 Å². The van der Waals surface area contributed by atoms with Gasteiger partial charge in [-0.1, -0.05) is 23.9 Å². The van der Waals surface area contributed by atoms with Crippen molar-refractivity contribution in [3.05, 3.63) is 49.0 Å². The minimum absolute atomic E-state index is 0.126. The van der Waals surface area contributed by atoms with Gasteiger partial charge in [0.15, 0.2) is 22.6 Å². The summed E-state index contributed by atoms with van der Waals surface area (Å²) in [5.74, 6) is 2.16. The van der Waals surface area contributed by atoms with Crippen LogP contribution in [0.4, 0.5) is 5.69 Å². The lowest BCUT2D eigenvalue weighted by molar-refractivity contribution is -0.113. The molecule has 10 heteroatoms. The average Bonchev–Trinajstić information content (AvgIpc) is 3.52. The smallest absolute Gasteiger partial charge is 0.234 e. The van der Waals surface area contributed by atoms with E-state index in [0.29, 0.717) is 29.0 Å². The molecule has 0 atom stereocenters. The van der Waals surface area contributed by atoms with Crippen molar-refractivity contribution in [1.82, 2.24) is 29.5 Å². The Hall–Kier alpha value is -3.40. The van der Waals surface area contributed by atoms with Gasteiger partial charge >= 0.3 is 0 Å². The van der Waals surface area contributed by atoms with E-state index >= 15 is 0 Å². The van der Waals surface area contributed by atoms with Gasteiger partial charge in [-0.25, -0.2) is 0 Å². The van der Waals surface area contributed by atoms with Gasteiger partial charge in [0, 0.05) is 24.3 Å². The number of thioether (sulfide) groups is 1. The van der Waals surface area contributed by atoms with E-state index < -0.39 is 0 Å². The summed E-state index contributed by atoms with van der Waals surface area (Å²) in [4.78, 5) is 12.5. The summed E-state index contributed by atoms with van der Waals surface area (Å²) in [6.45, 7) is 5.48. The Kier molecular flexibility index (Phi) is 5.94. The zero-order valence-electron chi connectivity index (χ0n) is 16.6. The minimum atomic E-state index is -0.126. The fourth-order valence-electron chi connectivity index (χ4n) is 3.04. The predicted octanol–water partition coefficient (Wildman–Crippen LogP) is 3.57. The quantitative estimate of drug-likeness (QED) is 0.432. The van der Waals surface area contributed by atoms with Crippen LogP contribution in [0.5, 0.6) is 0 Å². The number of benzene rings is 1. The number of hydrogen-bond acceptors (Lipinski definition) is 7. The first-order valence-electron chi connectivity index (χ1n) is 9.57. The van der Waals surface area contributed by atoms with Crippen LogP contribution in [0.15, 0.2) is 58.6 Å². The zero-order chi connectivity index (χ0) is 20.9. The van der Waals surface area contributed by atoms with Crippen LogP contribution in [0.1, 0.15) is 13.8 Å². The molecule has 0 unspecified atom stereocenters. The fraction of sp³-hybridized carbons (Fsp3) is 0.250. The molecule has 0 spiro atoms. The monoisotopic (exact) mass is 423 g/mol. The molecule has 1 N–H and O–H groups in total. The number of amides is 1. The molecule has 154 valence electrons. The number of hydrogen-bond donors (Lipinski definition) is 1. The maximum absolute atomic E-state index is 12.5. The van der Waals surface area contributed by atoms with E-state index in [2.05, 4.69) is 25.7 Å². The number of aromatic nitrogens is 6. The lowest BCUT2D eigenvalue weighted by Gasteiger charge is -2.08. The molecule has 1 aromatic carbocycles. The lowest BCUT2D eigenvalue weighted by Crippen LogP contribution is -2.14. The highest BCUT2D eigenvalue weighted by Gasteiger charge is 2.16. The van der Waals surface area contributed by atoms with Gasteiger partial charge in [-0.3, -0.25) is 9.36 Å². The molecule has 1 amide bonds. The van der Waals surface area contributed by atoms with E-state index in [4.69, 9.17) is 4.42 Å². The van der Waals surface area contributed by atoms with Crippen LogP contribution in [0.2, 0.25) is 0 Å². The molecule has 0 aliphatic heterocycles. The Morgan fingerprint density at radius 2 is 2.00 bits per heavy atom. The van der Waals surface area contributed by atoms with E-state index in [1.54, 1.807) is 18.7 Å². The number of carbonyl (C=O) groups excluding carboxylic acids is 1. The summed E-state index contributed by atoms with van der Waals surface area (Å²) in [7, 11) is 0. The summed E-state index contributed by atoms with van der Waals surface area (Å²) in [5.41, 5.74) is 1.60. The molecule has 0 saturated heterocycles. The first kappa shape index (κ1) is 19.9. The number of rotatable bonds is 8. The maximum atomic E-state index is 12.5. The second-order valence-electron chi connectivity index (χ2n) is 6.39. The first-order valence-corrected chi connectivity index (χ1v) is 10.6. The minimum Gasteiger partial charge on any atom is -0.461 e. The van der Waals surface area contributed by atoms with E-state index in [1.165, 1.54) is 11.8 Å².